The Morgan fingerprint density at radius 1 is 1.31 bits per heavy atom. The Labute approximate surface area is 82.6 Å². The molecule has 13 heavy (non-hydrogen) atoms. The lowest BCUT2D eigenvalue weighted by atomic mass is 10.1. The number of hydrogen-bond acceptors (Lipinski definition) is 1. The first kappa shape index (κ1) is 12.3. The van der Waals surface area contributed by atoms with Crippen molar-refractivity contribution in [3.8, 4) is 0 Å². The maximum Gasteiger partial charge on any atom is 0.130 e. The van der Waals surface area contributed by atoms with Crippen LogP contribution >= 0.6 is 12.4 Å². The van der Waals surface area contributed by atoms with Gasteiger partial charge in [0.25, 0.3) is 0 Å². The van der Waals surface area contributed by atoms with Gasteiger partial charge >= 0.3 is 0 Å². The van der Waals surface area contributed by atoms with Crippen molar-refractivity contribution < 1.29 is 8.78 Å². The highest BCUT2D eigenvalue weighted by molar-refractivity contribution is 5.85. The summed E-state index contributed by atoms with van der Waals surface area (Å²) in [6, 6.07) is 3.51. The van der Waals surface area contributed by atoms with Crippen molar-refractivity contribution >= 4 is 12.4 Å². The number of nitrogens with one attached hydrogen (secondary N) is 1. The van der Waals surface area contributed by atoms with Gasteiger partial charge in [0.15, 0.2) is 0 Å². The lowest BCUT2D eigenvalue weighted by Crippen LogP contribution is -2.13. The Morgan fingerprint density at radius 3 is 2.38 bits per heavy atom. The predicted octanol–water partition coefficient (Wildman–Crippen LogP) is 2.67. The van der Waals surface area contributed by atoms with Gasteiger partial charge in [0.05, 0.1) is 0 Å². The molecule has 0 fully saturated rings. The summed E-state index contributed by atoms with van der Waals surface area (Å²) in [6.45, 7) is 1.82. The Morgan fingerprint density at radius 2 is 1.92 bits per heavy atom. The van der Waals surface area contributed by atoms with Crippen molar-refractivity contribution in [1.29, 1.82) is 0 Å². The Hall–Kier alpha value is -0.670. The number of benzene rings is 1. The zero-order valence-electron chi connectivity index (χ0n) is 7.47. The normalized spacial score (nSPS) is 12.0. The van der Waals surface area contributed by atoms with Crippen molar-refractivity contribution in [2.75, 3.05) is 7.05 Å². The molecule has 0 heterocycles. The molecule has 74 valence electrons. The fourth-order valence-corrected chi connectivity index (χ4v) is 1.01. The molecule has 0 radical (unpaired) electrons. The lowest BCUT2D eigenvalue weighted by molar-refractivity contribution is 0.542. The van der Waals surface area contributed by atoms with Crippen LogP contribution in [0.15, 0.2) is 18.2 Å². The first-order valence-electron chi connectivity index (χ1n) is 3.77. The van der Waals surface area contributed by atoms with Gasteiger partial charge in [-0.2, -0.15) is 0 Å². The molecule has 0 unspecified atom stereocenters. The molecule has 1 nitrogen and oxygen atoms in total. The van der Waals surface area contributed by atoms with Crippen LogP contribution in [-0.2, 0) is 0 Å². The van der Waals surface area contributed by atoms with E-state index in [-0.39, 0.29) is 18.4 Å². The minimum atomic E-state index is -0.542. The second-order valence-electron chi connectivity index (χ2n) is 2.68. The van der Waals surface area contributed by atoms with E-state index in [0.717, 1.165) is 6.07 Å². The number of rotatable bonds is 2. The third kappa shape index (κ3) is 2.94. The monoisotopic (exact) mass is 207 g/mol. The summed E-state index contributed by atoms with van der Waals surface area (Å²) < 4.78 is 25.5. The Kier molecular flexibility index (Phi) is 4.88. The van der Waals surface area contributed by atoms with Crippen LogP contribution < -0.4 is 5.32 Å². The van der Waals surface area contributed by atoms with Crippen molar-refractivity contribution in [3.05, 3.63) is 35.4 Å². The first-order chi connectivity index (χ1) is 5.65. The van der Waals surface area contributed by atoms with Gasteiger partial charge in [-0.05, 0) is 20.0 Å². The summed E-state index contributed by atoms with van der Waals surface area (Å²) in [7, 11) is 1.73. The molecule has 0 aromatic heterocycles. The van der Waals surface area contributed by atoms with E-state index in [1.807, 2.05) is 6.92 Å². The van der Waals surface area contributed by atoms with E-state index in [4.69, 9.17) is 0 Å². The maximum atomic E-state index is 13.0. The van der Waals surface area contributed by atoms with Gasteiger partial charge in [0, 0.05) is 17.7 Å². The summed E-state index contributed by atoms with van der Waals surface area (Å²) in [6.07, 6.45) is 0. The molecule has 0 bridgehead atoms. The van der Waals surface area contributed by atoms with Gasteiger partial charge in [-0.1, -0.05) is 6.07 Å². The summed E-state index contributed by atoms with van der Waals surface area (Å²) in [4.78, 5) is 0. The van der Waals surface area contributed by atoms with Crippen LogP contribution in [-0.4, -0.2) is 7.05 Å². The highest BCUT2D eigenvalue weighted by Crippen LogP contribution is 2.16. The standard InChI is InChI=1S/C9H11F2N.ClH/c1-6(12-2)8-4-3-7(10)5-9(8)11;/h3-6,12H,1-2H3;1H/t6-;/m1./s1. The third-order valence-electron chi connectivity index (χ3n) is 1.86. The topological polar surface area (TPSA) is 12.0 Å². The van der Waals surface area contributed by atoms with Crippen molar-refractivity contribution in [2.24, 2.45) is 0 Å². The molecule has 4 heteroatoms. The van der Waals surface area contributed by atoms with E-state index < -0.39 is 11.6 Å². The van der Waals surface area contributed by atoms with Gasteiger partial charge < -0.3 is 5.32 Å². The molecule has 0 aliphatic heterocycles. The molecule has 0 saturated carbocycles. The van der Waals surface area contributed by atoms with Gasteiger partial charge in [0.2, 0.25) is 0 Å². The average Bonchev–Trinajstić information content (AvgIpc) is 2.03. The molecular formula is C9H12ClF2N. The third-order valence-corrected chi connectivity index (χ3v) is 1.86. The van der Waals surface area contributed by atoms with Crippen molar-refractivity contribution in [3.63, 3.8) is 0 Å². The second-order valence-corrected chi connectivity index (χ2v) is 2.68. The van der Waals surface area contributed by atoms with Crippen LogP contribution in [0.25, 0.3) is 0 Å². The molecule has 1 atom stereocenters. The lowest BCUT2D eigenvalue weighted by Gasteiger charge is -2.10. The van der Waals surface area contributed by atoms with E-state index in [2.05, 4.69) is 5.32 Å². The minimum absolute atomic E-state index is 0. The molecule has 0 spiro atoms. The van der Waals surface area contributed by atoms with E-state index >= 15 is 0 Å². The zero-order chi connectivity index (χ0) is 9.14. The summed E-state index contributed by atoms with van der Waals surface area (Å²) >= 11 is 0. The van der Waals surface area contributed by atoms with Crippen molar-refractivity contribution in [2.45, 2.75) is 13.0 Å². The van der Waals surface area contributed by atoms with E-state index in [1.54, 1.807) is 7.05 Å². The molecular weight excluding hydrogens is 196 g/mol. The van der Waals surface area contributed by atoms with Crippen molar-refractivity contribution in [1.82, 2.24) is 5.32 Å². The molecule has 0 saturated heterocycles. The van der Waals surface area contributed by atoms with Gasteiger partial charge in [-0.3, -0.25) is 0 Å². The molecule has 0 aliphatic rings. The minimum Gasteiger partial charge on any atom is -0.313 e. The predicted molar refractivity (Wildman–Crippen MR) is 51.1 cm³/mol. The maximum absolute atomic E-state index is 13.0. The van der Waals surface area contributed by atoms with E-state index in [0.29, 0.717) is 5.56 Å². The fourth-order valence-electron chi connectivity index (χ4n) is 1.01. The molecule has 0 amide bonds. The number of hydrogen-bond donors (Lipinski definition) is 1. The van der Waals surface area contributed by atoms with Gasteiger partial charge in [-0.15, -0.1) is 12.4 Å². The molecule has 1 aromatic carbocycles. The highest BCUT2D eigenvalue weighted by atomic mass is 35.5. The quantitative estimate of drug-likeness (QED) is 0.786. The fraction of sp³-hybridized carbons (Fsp3) is 0.333. The zero-order valence-corrected chi connectivity index (χ0v) is 8.29. The molecule has 1 aromatic rings. The van der Waals surface area contributed by atoms with Gasteiger partial charge in [-0.25, -0.2) is 8.78 Å². The van der Waals surface area contributed by atoms with Crippen LogP contribution in [0.5, 0.6) is 0 Å². The van der Waals surface area contributed by atoms with Crippen LogP contribution in [0, 0.1) is 11.6 Å². The average molecular weight is 208 g/mol. The summed E-state index contributed by atoms with van der Waals surface area (Å²) in [5, 5.41) is 2.88. The molecule has 0 aliphatic carbocycles. The van der Waals surface area contributed by atoms with Crippen LogP contribution in [0.3, 0.4) is 0 Å². The Balaban J connectivity index is 0.00000144. The van der Waals surface area contributed by atoms with E-state index in [1.165, 1.54) is 12.1 Å². The Bertz CT molecular complexity index is 278. The highest BCUT2D eigenvalue weighted by Gasteiger charge is 2.08. The second kappa shape index (κ2) is 5.14. The van der Waals surface area contributed by atoms with Crippen LogP contribution in [0.4, 0.5) is 8.78 Å². The van der Waals surface area contributed by atoms with Crippen LogP contribution in [0.1, 0.15) is 18.5 Å². The van der Waals surface area contributed by atoms with Gasteiger partial charge in [0.1, 0.15) is 11.6 Å². The summed E-state index contributed by atoms with van der Waals surface area (Å²) in [5.41, 5.74) is 0.485. The van der Waals surface area contributed by atoms with Crippen LogP contribution in [0.2, 0.25) is 0 Å². The molecule has 1 rings (SSSR count). The first-order valence-corrected chi connectivity index (χ1v) is 3.77. The summed E-state index contributed by atoms with van der Waals surface area (Å²) in [5.74, 6) is -1.04. The van der Waals surface area contributed by atoms with E-state index in [9.17, 15) is 8.78 Å². The molecule has 1 N–H and O–H groups in total. The number of halogens is 3. The SMILES string of the molecule is CN[C@H](C)c1ccc(F)cc1F.Cl. The smallest absolute Gasteiger partial charge is 0.130 e. The largest absolute Gasteiger partial charge is 0.313 e.